The molecule has 0 saturated heterocycles. The molecule has 0 unspecified atom stereocenters. The molecule has 8 fully saturated rings. The number of hydrogen-bond donors (Lipinski definition) is 2. The highest BCUT2D eigenvalue weighted by Crippen LogP contribution is 2.69. The predicted molar refractivity (Wildman–Crippen MR) is 275 cm³/mol. The molecule has 2 N–H and O–H groups in total. The van der Waals surface area contributed by atoms with E-state index in [9.17, 15) is 19.8 Å². The number of hydroxylamine groups is 2. The van der Waals surface area contributed by atoms with Crippen LogP contribution in [0.25, 0.3) is 0 Å². The molecule has 0 spiro atoms. The van der Waals surface area contributed by atoms with Gasteiger partial charge in [-0.3, -0.25) is 14.4 Å². The molecule has 8 aliphatic rings. The van der Waals surface area contributed by atoms with Crippen LogP contribution >= 0.6 is 39.1 Å². The van der Waals surface area contributed by atoms with Crippen LogP contribution in [0.3, 0.4) is 0 Å². The van der Waals surface area contributed by atoms with Gasteiger partial charge in [-0.15, -0.1) is 0 Å². The third-order valence-electron chi connectivity index (χ3n) is 20.3. The van der Waals surface area contributed by atoms with Crippen molar-refractivity contribution in [1.29, 1.82) is 0 Å². The first-order chi connectivity index (χ1) is 30.2. The fourth-order valence-electron chi connectivity index (χ4n) is 16.9. The molecule has 8 aliphatic carbocycles. The van der Waals surface area contributed by atoms with Crippen molar-refractivity contribution in [2.24, 2.45) is 81.3 Å². The molecule has 370 valence electrons. The minimum atomic E-state index is -0.462. The van der Waals surface area contributed by atoms with Gasteiger partial charge in [0, 0.05) is 39.0 Å². The van der Waals surface area contributed by atoms with Gasteiger partial charge in [-0.2, -0.15) is 0 Å². The first-order valence-electron chi connectivity index (χ1n) is 25.2. The van der Waals surface area contributed by atoms with E-state index in [1.807, 2.05) is 62.4 Å². The second-order valence-electron chi connectivity index (χ2n) is 23.7. The zero-order chi connectivity index (χ0) is 46.0. The number of benzene rings is 2. The lowest BCUT2D eigenvalue weighted by atomic mass is 9.44. The highest BCUT2D eigenvalue weighted by atomic mass is 79.9. The van der Waals surface area contributed by atoms with Gasteiger partial charge in [0.1, 0.15) is 0 Å². The number of hydrogen-bond acceptors (Lipinski definition) is 5. The number of fused-ring (bicyclic) bond motifs is 10. The Hall–Kier alpha value is -1.48. The summed E-state index contributed by atoms with van der Waals surface area (Å²) in [4.78, 5) is 31.6. The van der Waals surface area contributed by atoms with Crippen molar-refractivity contribution in [3.63, 3.8) is 0 Å². The van der Waals surface area contributed by atoms with Gasteiger partial charge >= 0.3 is 0 Å². The lowest BCUT2D eigenvalue weighted by Crippen LogP contribution is -2.56. The number of amides is 1. The van der Waals surface area contributed by atoms with E-state index in [2.05, 4.69) is 36.7 Å². The van der Waals surface area contributed by atoms with E-state index in [4.69, 9.17) is 28.0 Å². The van der Waals surface area contributed by atoms with Crippen LogP contribution in [0.2, 0.25) is 10.0 Å². The molecule has 0 aliphatic heterocycles. The SMILES string of the molecule is C.C.CON(C)C(=O)[C@H]1CC[C@H]2[C@@H]3CC[C@@H]4C[C@](C)(O)CC[C@]4(C)[C@H]3CC[C@]12C.C[C@@]1(O)CC[C@H]2[C@H](CC[C@@H]3[C@@H]2CC[C@]2(C)[C@@H](C(=O)c4ccc(Cl)cc4)CC[C@@H]32)C1.Clc1ccc(Br)cc1. The summed E-state index contributed by atoms with van der Waals surface area (Å²) < 4.78 is 1.06. The average Bonchev–Trinajstić information content (AvgIpc) is 3.81. The number of ketones is 1. The van der Waals surface area contributed by atoms with E-state index in [1.165, 1.54) is 82.1 Å². The summed E-state index contributed by atoms with van der Waals surface area (Å²) in [6.07, 6.45) is 20.8. The van der Waals surface area contributed by atoms with Gasteiger partial charge in [-0.1, -0.05) is 74.8 Å². The first-order valence-corrected chi connectivity index (χ1v) is 26.7. The highest BCUT2D eigenvalue weighted by Gasteiger charge is 2.63. The standard InChI is InChI=1S/C26H35ClO2.C23H39NO3.C6H4BrCl.2CH4/c1-25(29)13-11-19-17(15-25)5-8-21-20(19)12-14-26(2)22(21)9-10-23(26)24(28)16-3-6-18(27)7-4-16;1-21(26)12-13-22(2)15(14-21)6-7-16-17-8-9-19(20(25)24(4)27-5)23(17,3)11-10-18(16)22;7-5-1-3-6(8)4-2-5;;/h3-4,6-7,17,19-23,29H,5,8-15H2,1-2H3;15-19,26H,6-14H2,1-5H3;1-4H;2*1H4/t17-,19+,20-,21-,22+,23-,25-,26+;15-,16+,17+,18+,19-,21-,22+,23+;;;/m11.../s1. The highest BCUT2D eigenvalue weighted by molar-refractivity contribution is 9.10. The van der Waals surface area contributed by atoms with E-state index in [0.717, 1.165) is 89.1 Å². The maximum absolute atomic E-state index is 13.4. The van der Waals surface area contributed by atoms with E-state index in [-0.39, 0.29) is 43.4 Å². The molecular formula is C57H86BrCl2NO5. The zero-order valence-corrected chi connectivity index (χ0v) is 43.0. The molecule has 2 aromatic rings. The van der Waals surface area contributed by atoms with Crippen molar-refractivity contribution >= 4 is 50.8 Å². The molecular weight excluding hydrogens is 929 g/mol. The first kappa shape index (κ1) is 53.9. The van der Waals surface area contributed by atoms with Gasteiger partial charge in [-0.25, -0.2) is 5.06 Å². The fraction of sp³-hybridized carbons (Fsp3) is 0.754. The molecule has 10 rings (SSSR count). The van der Waals surface area contributed by atoms with Crippen molar-refractivity contribution < 1.29 is 24.6 Å². The monoisotopic (exact) mass is 1010 g/mol. The molecule has 16 atom stereocenters. The fourth-order valence-corrected chi connectivity index (χ4v) is 17.4. The quantitative estimate of drug-likeness (QED) is 0.235. The van der Waals surface area contributed by atoms with Crippen LogP contribution in [-0.4, -0.2) is 52.3 Å². The van der Waals surface area contributed by atoms with Crippen LogP contribution in [0, 0.1) is 81.3 Å². The largest absolute Gasteiger partial charge is 0.390 e. The maximum Gasteiger partial charge on any atom is 0.249 e. The average molecular weight is 1020 g/mol. The van der Waals surface area contributed by atoms with Gasteiger partial charge in [0.2, 0.25) is 5.91 Å². The molecule has 0 aromatic heterocycles. The molecule has 0 radical (unpaired) electrons. The number of halogens is 3. The van der Waals surface area contributed by atoms with Gasteiger partial charge in [-0.05, 0) is 247 Å². The summed E-state index contributed by atoms with van der Waals surface area (Å²) in [7, 11) is 3.34. The second kappa shape index (κ2) is 20.7. The summed E-state index contributed by atoms with van der Waals surface area (Å²) in [6.45, 7) is 11.4. The number of carbonyl (C=O) groups excluding carboxylic acids is 2. The summed E-state index contributed by atoms with van der Waals surface area (Å²) in [5, 5.41) is 24.1. The summed E-state index contributed by atoms with van der Waals surface area (Å²) in [5.74, 6) is 7.53. The summed E-state index contributed by atoms with van der Waals surface area (Å²) >= 11 is 14.9. The van der Waals surface area contributed by atoms with Crippen LogP contribution in [0.1, 0.15) is 175 Å². The van der Waals surface area contributed by atoms with Crippen molar-refractivity contribution in [3.05, 3.63) is 68.6 Å². The number of carbonyl (C=O) groups is 2. The van der Waals surface area contributed by atoms with Gasteiger partial charge < -0.3 is 10.2 Å². The number of Topliss-reactive ketones (excluding diaryl/α,β-unsaturated/α-hetero) is 1. The maximum atomic E-state index is 13.4. The molecule has 6 nitrogen and oxygen atoms in total. The molecule has 8 saturated carbocycles. The van der Waals surface area contributed by atoms with Crippen LogP contribution in [0.15, 0.2) is 53.0 Å². The number of nitrogens with zero attached hydrogens (tertiary/aromatic N) is 1. The Morgan fingerprint density at radius 2 is 1.12 bits per heavy atom. The molecule has 9 heteroatoms. The van der Waals surface area contributed by atoms with Crippen LogP contribution < -0.4 is 0 Å². The van der Waals surface area contributed by atoms with Crippen LogP contribution in [-0.2, 0) is 9.63 Å². The third-order valence-corrected chi connectivity index (χ3v) is 21.4. The van der Waals surface area contributed by atoms with Crippen molar-refractivity contribution in [1.82, 2.24) is 5.06 Å². The van der Waals surface area contributed by atoms with Gasteiger partial charge in [0.25, 0.3) is 0 Å². The minimum Gasteiger partial charge on any atom is -0.390 e. The zero-order valence-electron chi connectivity index (χ0n) is 39.9. The normalized spacial score (nSPS) is 42.8. The Labute approximate surface area is 418 Å². The van der Waals surface area contributed by atoms with Gasteiger partial charge in [0.15, 0.2) is 5.78 Å². The minimum absolute atomic E-state index is 0. The molecule has 2 aromatic carbocycles. The lowest BCUT2D eigenvalue weighted by molar-refractivity contribution is -0.182. The molecule has 0 heterocycles. The Kier molecular flexibility index (Phi) is 16.9. The topological polar surface area (TPSA) is 87.1 Å². The summed E-state index contributed by atoms with van der Waals surface area (Å²) in [6, 6.07) is 15.0. The van der Waals surface area contributed by atoms with Crippen molar-refractivity contribution in [2.75, 3.05) is 14.2 Å². The molecule has 1 amide bonds. The third kappa shape index (κ3) is 10.3. The Morgan fingerprint density at radius 1 is 0.591 bits per heavy atom. The number of rotatable bonds is 4. The Morgan fingerprint density at radius 3 is 1.76 bits per heavy atom. The predicted octanol–water partition coefficient (Wildman–Crippen LogP) is 15.3. The smallest absolute Gasteiger partial charge is 0.249 e. The van der Waals surface area contributed by atoms with E-state index >= 15 is 0 Å². The van der Waals surface area contributed by atoms with E-state index < -0.39 is 11.2 Å². The summed E-state index contributed by atoms with van der Waals surface area (Å²) in [5.41, 5.74) is 0.606. The lowest BCUT2D eigenvalue weighted by Gasteiger charge is -2.61. The van der Waals surface area contributed by atoms with Crippen molar-refractivity contribution in [2.45, 2.75) is 176 Å². The van der Waals surface area contributed by atoms with Crippen molar-refractivity contribution in [3.8, 4) is 0 Å². The van der Waals surface area contributed by atoms with E-state index in [0.29, 0.717) is 34.0 Å². The number of aliphatic hydroxyl groups is 2. The van der Waals surface area contributed by atoms with Crippen LogP contribution in [0.5, 0.6) is 0 Å². The molecule has 0 bridgehead atoms. The second-order valence-corrected chi connectivity index (χ2v) is 25.5. The van der Waals surface area contributed by atoms with Gasteiger partial charge in [0.05, 0.1) is 18.3 Å². The van der Waals surface area contributed by atoms with E-state index in [1.54, 1.807) is 14.2 Å². The Bertz CT molecular complexity index is 1950. The molecule has 66 heavy (non-hydrogen) atoms. The Balaban J connectivity index is 0.000000182. The van der Waals surface area contributed by atoms with Crippen LogP contribution in [0.4, 0.5) is 0 Å².